The van der Waals surface area contributed by atoms with Crippen molar-refractivity contribution in [2.75, 3.05) is 11.5 Å². The topological polar surface area (TPSA) is 60.2 Å². The van der Waals surface area contributed by atoms with Gasteiger partial charge in [-0.05, 0) is 25.2 Å². The number of nitrogens with two attached hydrogens (primary N) is 1. The first-order valence-corrected chi connectivity index (χ1v) is 8.81. The summed E-state index contributed by atoms with van der Waals surface area (Å²) in [7, 11) is -2.80. The molecule has 1 atom stereocenters. The summed E-state index contributed by atoms with van der Waals surface area (Å²) in [5.74, 6) is 1.36. The monoisotopic (exact) mass is 261 g/mol. The maximum Gasteiger partial charge on any atom is 0.150 e. The van der Waals surface area contributed by atoms with Gasteiger partial charge in [-0.3, -0.25) is 0 Å². The Morgan fingerprint density at radius 2 is 1.88 bits per heavy atom. The van der Waals surface area contributed by atoms with Crippen LogP contribution in [0.4, 0.5) is 0 Å². The molecule has 0 aromatic heterocycles. The predicted molar refractivity (Wildman–Crippen MR) is 72.7 cm³/mol. The summed E-state index contributed by atoms with van der Waals surface area (Å²) < 4.78 is 22.7. The van der Waals surface area contributed by atoms with Crippen molar-refractivity contribution in [1.82, 2.24) is 0 Å². The third kappa shape index (κ3) is 6.41. The molecule has 1 fully saturated rings. The van der Waals surface area contributed by atoms with Gasteiger partial charge in [-0.1, -0.05) is 39.0 Å². The second-order valence-corrected chi connectivity index (χ2v) is 7.85. The van der Waals surface area contributed by atoms with Crippen molar-refractivity contribution in [3.8, 4) is 0 Å². The maximum absolute atomic E-state index is 11.3. The Balaban J connectivity index is 2.14. The van der Waals surface area contributed by atoms with Crippen LogP contribution in [0.5, 0.6) is 0 Å². The fourth-order valence-electron chi connectivity index (χ4n) is 2.68. The number of hydrogen-bond donors (Lipinski definition) is 1. The normalized spacial score (nSPS) is 20.4. The minimum atomic E-state index is -2.80. The molecule has 2 N–H and O–H groups in total. The molecule has 0 aliphatic heterocycles. The number of rotatable bonds is 7. The third-order valence-electron chi connectivity index (χ3n) is 3.83. The van der Waals surface area contributed by atoms with Crippen molar-refractivity contribution in [2.24, 2.45) is 11.7 Å². The highest BCUT2D eigenvalue weighted by Gasteiger charge is 2.17. The third-order valence-corrected chi connectivity index (χ3v) is 5.62. The Morgan fingerprint density at radius 3 is 2.47 bits per heavy atom. The molecule has 0 saturated heterocycles. The van der Waals surface area contributed by atoms with E-state index in [2.05, 4.69) is 0 Å². The molecule has 0 heterocycles. The van der Waals surface area contributed by atoms with Gasteiger partial charge in [0.25, 0.3) is 0 Å². The van der Waals surface area contributed by atoms with E-state index in [1.165, 1.54) is 32.1 Å². The van der Waals surface area contributed by atoms with Crippen LogP contribution in [-0.4, -0.2) is 26.0 Å². The van der Waals surface area contributed by atoms with Gasteiger partial charge in [-0.25, -0.2) is 8.42 Å². The lowest BCUT2D eigenvalue weighted by Gasteiger charge is -2.24. The highest BCUT2D eigenvalue weighted by atomic mass is 32.2. The van der Waals surface area contributed by atoms with E-state index in [-0.39, 0.29) is 11.8 Å². The second kappa shape index (κ2) is 7.37. The maximum atomic E-state index is 11.3. The van der Waals surface area contributed by atoms with E-state index in [4.69, 9.17) is 5.73 Å². The fraction of sp³-hybridized carbons (Fsp3) is 1.00. The smallest absolute Gasteiger partial charge is 0.150 e. The van der Waals surface area contributed by atoms with Gasteiger partial charge in [0.05, 0.1) is 5.75 Å². The first kappa shape index (κ1) is 15.0. The standard InChI is InChI=1S/C13H27NO2S/c1-2-17(15,16)10-6-9-13(14)11-12-7-4-3-5-8-12/h12-13H,2-11,14H2,1H3. The zero-order valence-corrected chi connectivity index (χ0v) is 11.8. The van der Waals surface area contributed by atoms with E-state index in [0.717, 1.165) is 25.2 Å². The summed E-state index contributed by atoms with van der Waals surface area (Å²) in [5.41, 5.74) is 6.08. The van der Waals surface area contributed by atoms with E-state index in [1.54, 1.807) is 6.92 Å². The molecule has 0 aromatic carbocycles. The first-order chi connectivity index (χ1) is 8.03. The van der Waals surface area contributed by atoms with E-state index in [9.17, 15) is 8.42 Å². The van der Waals surface area contributed by atoms with Gasteiger partial charge in [0.15, 0.2) is 0 Å². The molecular weight excluding hydrogens is 234 g/mol. The Kier molecular flexibility index (Phi) is 6.49. The zero-order chi connectivity index (χ0) is 12.7. The van der Waals surface area contributed by atoms with Crippen LogP contribution < -0.4 is 5.73 Å². The Hall–Kier alpha value is -0.0900. The minimum absolute atomic E-state index is 0.199. The molecule has 3 nitrogen and oxygen atoms in total. The molecule has 1 aliphatic rings. The molecule has 102 valence electrons. The van der Waals surface area contributed by atoms with Crippen LogP contribution >= 0.6 is 0 Å². The summed E-state index contributed by atoms with van der Waals surface area (Å²) in [6.45, 7) is 1.71. The van der Waals surface area contributed by atoms with Crippen molar-refractivity contribution < 1.29 is 8.42 Å². The molecule has 4 heteroatoms. The van der Waals surface area contributed by atoms with E-state index in [0.29, 0.717) is 5.75 Å². The van der Waals surface area contributed by atoms with Crippen LogP contribution in [0.3, 0.4) is 0 Å². The van der Waals surface area contributed by atoms with Crippen molar-refractivity contribution >= 4 is 9.84 Å². The summed E-state index contributed by atoms with van der Waals surface area (Å²) in [4.78, 5) is 0. The molecular formula is C13H27NO2S. The zero-order valence-electron chi connectivity index (χ0n) is 11.0. The van der Waals surface area contributed by atoms with Crippen LogP contribution in [0, 0.1) is 5.92 Å². The van der Waals surface area contributed by atoms with Crippen molar-refractivity contribution in [2.45, 2.75) is 64.3 Å². The highest BCUT2D eigenvalue weighted by Crippen LogP contribution is 2.27. The minimum Gasteiger partial charge on any atom is -0.328 e. The van der Waals surface area contributed by atoms with Crippen LogP contribution in [0.25, 0.3) is 0 Å². The summed E-state index contributed by atoms with van der Waals surface area (Å²) >= 11 is 0. The second-order valence-electron chi connectivity index (χ2n) is 5.38. The van der Waals surface area contributed by atoms with Gasteiger partial charge in [0.1, 0.15) is 9.84 Å². The summed E-state index contributed by atoms with van der Waals surface area (Å²) in [6.07, 6.45) is 9.39. The molecule has 17 heavy (non-hydrogen) atoms. The van der Waals surface area contributed by atoms with E-state index >= 15 is 0 Å². The highest BCUT2D eigenvalue weighted by molar-refractivity contribution is 7.91. The van der Waals surface area contributed by atoms with Gasteiger partial charge >= 0.3 is 0 Å². The van der Waals surface area contributed by atoms with Crippen LogP contribution in [0.15, 0.2) is 0 Å². The molecule has 1 unspecified atom stereocenters. The van der Waals surface area contributed by atoms with Crippen LogP contribution in [-0.2, 0) is 9.84 Å². The average molecular weight is 261 g/mol. The Bertz CT molecular complexity index is 295. The largest absolute Gasteiger partial charge is 0.328 e. The lowest BCUT2D eigenvalue weighted by atomic mass is 9.84. The lowest BCUT2D eigenvalue weighted by molar-refractivity contribution is 0.312. The number of sulfone groups is 1. The molecule has 1 aliphatic carbocycles. The van der Waals surface area contributed by atoms with Crippen LogP contribution in [0.1, 0.15) is 58.3 Å². The SMILES string of the molecule is CCS(=O)(=O)CCCC(N)CC1CCCCC1. The quantitative estimate of drug-likeness (QED) is 0.766. The van der Waals surface area contributed by atoms with E-state index in [1.807, 2.05) is 0 Å². The molecule has 0 bridgehead atoms. The van der Waals surface area contributed by atoms with Gasteiger partial charge in [-0.15, -0.1) is 0 Å². The molecule has 1 rings (SSSR count). The predicted octanol–water partition coefficient (Wildman–Crippen LogP) is 2.50. The Morgan fingerprint density at radius 1 is 1.24 bits per heavy atom. The molecule has 0 spiro atoms. The van der Waals surface area contributed by atoms with Crippen molar-refractivity contribution in [1.29, 1.82) is 0 Å². The van der Waals surface area contributed by atoms with Gasteiger partial charge in [-0.2, -0.15) is 0 Å². The Labute approximate surface area is 106 Å². The fourth-order valence-corrected chi connectivity index (χ4v) is 3.57. The van der Waals surface area contributed by atoms with Gasteiger partial charge in [0, 0.05) is 11.8 Å². The lowest BCUT2D eigenvalue weighted by Crippen LogP contribution is -2.25. The summed E-state index contributed by atoms with van der Waals surface area (Å²) in [6, 6.07) is 0.199. The molecule has 0 radical (unpaired) electrons. The number of hydrogen-bond acceptors (Lipinski definition) is 3. The first-order valence-electron chi connectivity index (χ1n) is 6.99. The van der Waals surface area contributed by atoms with E-state index < -0.39 is 9.84 Å². The van der Waals surface area contributed by atoms with Crippen molar-refractivity contribution in [3.05, 3.63) is 0 Å². The van der Waals surface area contributed by atoms with Crippen LogP contribution in [0.2, 0.25) is 0 Å². The molecule has 1 saturated carbocycles. The van der Waals surface area contributed by atoms with Gasteiger partial charge in [0.2, 0.25) is 0 Å². The van der Waals surface area contributed by atoms with Crippen molar-refractivity contribution in [3.63, 3.8) is 0 Å². The summed E-state index contributed by atoms with van der Waals surface area (Å²) in [5, 5.41) is 0. The van der Waals surface area contributed by atoms with Gasteiger partial charge < -0.3 is 5.73 Å². The molecule has 0 aromatic rings. The molecule has 0 amide bonds. The average Bonchev–Trinajstić information content (AvgIpc) is 2.30.